The molecule has 1 aromatic heterocycles. The highest BCUT2D eigenvalue weighted by Gasteiger charge is 2.11. The number of ether oxygens (including phenoxy) is 2. The molecule has 22 heavy (non-hydrogen) atoms. The van der Waals surface area contributed by atoms with Gasteiger partial charge in [-0.2, -0.15) is 0 Å². The van der Waals surface area contributed by atoms with Crippen molar-refractivity contribution in [1.29, 1.82) is 0 Å². The van der Waals surface area contributed by atoms with Gasteiger partial charge in [-0.25, -0.2) is 4.79 Å². The molecule has 0 saturated heterocycles. The van der Waals surface area contributed by atoms with Crippen molar-refractivity contribution in [2.45, 2.75) is 39.0 Å². The summed E-state index contributed by atoms with van der Waals surface area (Å²) in [5.74, 6) is 0.937. The van der Waals surface area contributed by atoms with Gasteiger partial charge in [-0.05, 0) is 42.8 Å². The van der Waals surface area contributed by atoms with Crippen LogP contribution in [-0.2, 0) is 0 Å². The van der Waals surface area contributed by atoms with Gasteiger partial charge in [0.2, 0.25) is 5.76 Å². The number of carbonyl (C=O) groups is 1. The third kappa shape index (κ3) is 5.28. The lowest BCUT2D eigenvalue weighted by atomic mass is 10.2. The van der Waals surface area contributed by atoms with Gasteiger partial charge < -0.3 is 13.9 Å². The lowest BCUT2D eigenvalue weighted by molar-refractivity contribution is 0.0701. The molecular weight excluding hydrogens is 280 g/mol. The zero-order chi connectivity index (χ0) is 15.6. The molecule has 2 aromatic rings. The fourth-order valence-corrected chi connectivity index (χ4v) is 2.05. The highest BCUT2D eigenvalue weighted by molar-refractivity contribution is 5.88. The van der Waals surface area contributed by atoms with Gasteiger partial charge in [-0.1, -0.05) is 32.6 Å². The van der Waals surface area contributed by atoms with E-state index < -0.39 is 5.97 Å². The summed E-state index contributed by atoms with van der Waals surface area (Å²) in [5, 5.41) is 0. The minimum absolute atomic E-state index is 0.187. The van der Waals surface area contributed by atoms with Crippen molar-refractivity contribution < 1.29 is 18.7 Å². The second-order valence-corrected chi connectivity index (χ2v) is 5.10. The highest BCUT2D eigenvalue weighted by Crippen LogP contribution is 2.19. The summed E-state index contributed by atoms with van der Waals surface area (Å²) in [6.07, 6.45) is 7.51. The van der Waals surface area contributed by atoms with E-state index in [1.54, 1.807) is 36.4 Å². The third-order valence-electron chi connectivity index (χ3n) is 3.27. The molecule has 1 heterocycles. The summed E-state index contributed by atoms with van der Waals surface area (Å²) >= 11 is 0. The monoisotopic (exact) mass is 302 g/mol. The summed E-state index contributed by atoms with van der Waals surface area (Å²) in [6.45, 7) is 2.92. The number of unbranched alkanes of at least 4 members (excludes halogenated alkanes) is 4. The van der Waals surface area contributed by atoms with Gasteiger partial charge in [-0.3, -0.25) is 0 Å². The van der Waals surface area contributed by atoms with Crippen LogP contribution >= 0.6 is 0 Å². The molecule has 0 N–H and O–H groups in total. The lowest BCUT2D eigenvalue weighted by Gasteiger charge is -2.07. The van der Waals surface area contributed by atoms with E-state index in [0.29, 0.717) is 5.75 Å². The average Bonchev–Trinajstić information content (AvgIpc) is 3.07. The SMILES string of the molecule is CCCCCCCOc1ccc(OC(=O)c2ccco2)cc1. The minimum atomic E-state index is -0.505. The van der Waals surface area contributed by atoms with E-state index in [4.69, 9.17) is 13.9 Å². The molecule has 0 radical (unpaired) electrons. The van der Waals surface area contributed by atoms with Crippen molar-refractivity contribution in [3.63, 3.8) is 0 Å². The molecule has 4 heteroatoms. The smallest absolute Gasteiger partial charge is 0.379 e. The van der Waals surface area contributed by atoms with Crippen LogP contribution in [0.1, 0.15) is 49.6 Å². The number of carbonyl (C=O) groups excluding carboxylic acids is 1. The van der Waals surface area contributed by atoms with E-state index in [1.165, 1.54) is 31.9 Å². The molecule has 0 atom stereocenters. The predicted molar refractivity (Wildman–Crippen MR) is 84.4 cm³/mol. The first-order valence-corrected chi connectivity index (χ1v) is 7.78. The molecule has 118 valence electrons. The Morgan fingerprint density at radius 3 is 2.41 bits per heavy atom. The van der Waals surface area contributed by atoms with Gasteiger partial charge in [0.05, 0.1) is 12.9 Å². The minimum Gasteiger partial charge on any atom is -0.494 e. The van der Waals surface area contributed by atoms with Crippen LogP contribution in [0.5, 0.6) is 11.5 Å². The fraction of sp³-hybridized carbons (Fsp3) is 0.389. The Morgan fingerprint density at radius 2 is 1.73 bits per heavy atom. The van der Waals surface area contributed by atoms with E-state index in [1.807, 2.05) is 0 Å². The Hall–Kier alpha value is -2.23. The maximum Gasteiger partial charge on any atom is 0.379 e. The quantitative estimate of drug-likeness (QED) is 0.377. The van der Waals surface area contributed by atoms with Gasteiger partial charge in [0.25, 0.3) is 0 Å². The Morgan fingerprint density at radius 1 is 1.00 bits per heavy atom. The number of hydrogen-bond acceptors (Lipinski definition) is 4. The molecule has 0 aliphatic heterocycles. The Labute approximate surface area is 131 Å². The van der Waals surface area contributed by atoms with Crippen molar-refractivity contribution in [2.75, 3.05) is 6.61 Å². The van der Waals surface area contributed by atoms with Gasteiger partial charge >= 0.3 is 5.97 Å². The second-order valence-electron chi connectivity index (χ2n) is 5.10. The number of esters is 1. The van der Waals surface area contributed by atoms with Crippen LogP contribution < -0.4 is 9.47 Å². The molecule has 0 aliphatic rings. The molecule has 0 fully saturated rings. The lowest BCUT2D eigenvalue weighted by Crippen LogP contribution is -2.07. The first-order valence-electron chi connectivity index (χ1n) is 7.78. The number of benzene rings is 1. The Bertz CT molecular complexity index is 543. The fourth-order valence-electron chi connectivity index (χ4n) is 2.05. The Kier molecular flexibility index (Phi) is 6.55. The van der Waals surface area contributed by atoms with E-state index in [2.05, 4.69) is 6.92 Å². The van der Waals surface area contributed by atoms with Crippen LogP contribution in [0.25, 0.3) is 0 Å². The molecule has 0 saturated carbocycles. The van der Waals surface area contributed by atoms with Crippen LogP contribution in [0.4, 0.5) is 0 Å². The first kappa shape index (κ1) is 16.1. The molecule has 4 nitrogen and oxygen atoms in total. The van der Waals surface area contributed by atoms with E-state index in [-0.39, 0.29) is 5.76 Å². The summed E-state index contributed by atoms with van der Waals surface area (Å²) in [4.78, 5) is 11.7. The van der Waals surface area contributed by atoms with Gasteiger partial charge in [0.1, 0.15) is 11.5 Å². The van der Waals surface area contributed by atoms with Crippen LogP contribution in [-0.4, -0.2) is 12.6 Å². The second kappa shape index (κ2) is 8.93. The van der Waals surface area contributed by atoms with Crippen LogP contribution in [0.3, 0.4) is 0 Å². The van der Waals surface area contributed by atoms with Crippen LogP contribution in [0.15, 0.2) is 47.1 Å². The zero-order valence-corrected chi connectivity index (χ0v) is 12.9. The number of furan rings is 1. The Balaban J connectivity index is 1.72. The van der Waals surface area contributed by atoms with Crippen molar-refractivity contribution in [3.8, 4) is 11.5 Å². The van der Waals surface area contributed by atoms with Crippen molar-refractivity contribution in [3.05, 3.63) is 48.4 Å². The zero-order valence-electron chi connectivity index (χ0n) is 12.9. The molecule has 0 unspecified atom stereocenters. The third-order valence-corrected chi connectivity index (χ3v) is 3.27. The van der Waals surface area contributed by atoms with Crippen molar-refractivity contribution in [2.24, 2.45) is 0 Å². The first-order chi connectivity index (χ1) is 10.8. The normalized spacial score (nSPS) is 10.4. The molecule has 0 bridgehead atoms. The molecule has 0 aliphatic carbocycles. The molecule has 1 aromatic carbocycles. The predicted octanol–water partition coefficient (Wildman–Crippen LogP) is 4.85. The molecule has 0 spiro atoms. The average molecular weight is 302 g/mol. The van der Waals surface area contributed by atoms with E-state index in [9.17, 15) is 4.79 Å². The van der Waals surface area contributed by atoms with Crippen LogP contribution in [0.2, 0.25) is 0 Å². The van der Waals surface area contributed by atoms with E-state index >= 15 is 0 Å². The largest absolute Gasteiger partial charge is 0.494 e. The van der Waals surface area contributed by atoms with Crippen LogP contribution in [0, 0.1) is 0 Å². The standard InChI is InChI=1S/C18H22O4/c1-2-3-4-5-6-13-20-15-9-11-16(12-10-15)22-18(19)17-8-7-14-21-17/h7-12,14H,2-6,13H2,1H3. The summed E-state index contributed by atoms with van der Waals surface area (Å²) in [7, 11) is 0. The number of rotatable bonds is 9. The number of hydrogen-bond donors (Lipinski definition) is 0. The maximum absolute atomic E-state index is 11.7. The highest BCUT2D eigenvalue weighted by atomic mass is 16.5. The summed E-state index contributed by atoms with van der Waals surface area (Å²) in [6, 6.07) is 10.3. The van der Waals surface area contributed by atoms with E-state index in [0.717, 1.165) is 18.8 Å². The molecule has 2 rings (SSSR count). The summed E-state index contributed by atoms with van der Waals surface area (Å²) < 4.78 is 15.8. The molecule has 0 amide bonds. The topological polar surface area (TPSA) is 48.7 Å². The van der Waals surface area contributed by atoms with Gasteiger partial charge in [0, 0.05) is 0 Å². The maximum atomic E-state index is 11.7. The van der Waals surface area contributed by atoms with Crippen molar-refractivity contribution in [1.82, 2.24) is 0 Å². The van der Waals surface area contributed by atoms with Gasteiger partial charge in [0.15, 0.2) is 0 Å². The van der Waals surface area contributed by atoms with Gasteiger partial charge in [-0.15, -0.1) is 0 Å². The van der Waals surface area contributed by atoms with Crippen molar-refractivity contribution >= 4 is 5.97 Å². The summed E-state index contributed by atoms with van der Waals surface area (Å²) in [5.41, 5.74) is 0. The molecular formula is C18H22O4.